The number of rotatable bonds is 4. The van der Waals surface area contributed by atoms with Gasteiger partial charge in [-0.2, -0.15) is 0 Å². The first-order chi connectivity index (χ1) is 8.69. The predicted octanol–water partition coefficient (Wildman–Crippen LogP) is 3.69. The summed E-state index contributed by atoms with van der Waals surface area (Å²) in [5.74, 6) is 1.07. The molecular formula is C16H25NO. The lowest BCUT2D eigenvalue weighted by Crippen LogP contribution is -2.27. The van der Waals surface area contributed by atoms with Gasteiger partial charge < -0.3 is 10.1 Å². The molecule has 2 heteroatoms. The van der Waals surface area contributed by atoms with Gasteiger partial charge >= 0.3 is 0 Å². The molecule has 1 aliphatic carbocycles. The Morgan fingerprint density at radius 3 is 2.83 bits per heavy atom. The van der Waals surface area contributed by atoms with Crippen LogP contribution in [0.5, 0.6) is 5.75 Å². The summed E-state index contributed by atoms with van der Waals surface area (Å²) in [6.07, 6.45) is 4.94. The molecular weight excluding hydrogens is 222 g/mol. The number of nitrogens with one attached hydrogen (secondary N) is 1. The molecule has 100 valence electrons. The van der Waals surface area contributed by atoms with Crippen molar-refractivity contribution in [3.05, 3.63) is 28.3 Å². The van der Waals surface area contributed by atoms with E-state index in [1.54, 1.807) is 7.11 Å². The quantitative estimate of drug-likeness (QED) is 0.876. The topological polar surface area (TPSA) is 21.3 Å². The minimum atomic E-state index is 0.517. The second kappa shape index (κ2) is 5.75. The Kier molecular flexibility index (Phi) is 4.28. The third-order valence-corrected chi connectivity index (χ3v) is 3.97. The molecule has 1 aromatic carbocycles. The van der Waals surface area contributed by atoms with Gasteiger partial charge in [0.1, 0.15) is 5.75 Å². The van der Waals surface area contributed by atoms with Crippen LogP contribution in [0.25, 0.3) is 0 Å². The van der Waals surface area contributed by atoms with Gasteiger partial charge in [0.2, 0.25) is 0 Å². The molecule has 1 aliphatic rings. The van der Waals surface area contributed by atoms with Crippen LogP contribution < -0.4 is 10.1 Å². The van der Waals surface area contributed by atoms with Crippen molar-refractivity contribution < 1.29 is 4.74 Å². The predicted molar refractivity (Wildman–Crippen MR) is 76.4 cm³/mol. The van der Waals surface area contributed by atoms with Crippen molar-refractivity contribution in [1.29, 1.82) is 0 Å². The van der Waals surface area contributed by atoms with Gasteiger partial charge in [-0.25, -0.2) is 0 Å². The number of benzene rings is 1. The molecule has 0 fully saturated rings. The molecule has 2 rings (SSSR count). The Hall–Kier alpha value is -1.02. The molecule has 0 saturated carbocycles. The van der Waals surface area contributed by atoms with Crippen LogP contribution in [-0.4, -0.2) is 13.7 Å². The zero-order valence-corrected chi connectivity index (χ0v) is 12.1. The van der Waals surface area contributed by atoms with Crippen molar-refractivity contribution in [1.82, 2.24) is 5.32 Å². The molecule has 0 amide bonds. The Labute approximate surface area is 111 Å². The largest absolute Gasteiger partial charge is 0.496 e. The van der Waals surface area contributed by atoms with Gasteiger partial charge in [-0.15, -0.1) is 0 Å². The van der Waals surface area contributed by atoms with E-state index in [0.717, 1.165) is 12.3 Å². The van der Waals surface area contributed by atoms with Crippen molar-refractivity contribution in [2.45, 2.75) is 52.5 Å². The number of hydrogen-bond acceptors (Lipinski definition) is 2. The van der Waals surface area contributed by atoms with E-state index in [-0.39, 0.29) is 0 Å². The lowest BCUT2D eigenvalue weighted by atomic mass is 9.83. The number of fused-ring (bicyclic) bond motifs is 1. The maximum Gasteiger partial charge on any atom is 0.125 e. The van der Waals surface area contributed by atoms with Crippen LogP contribution >= 0.6 is 0 Å². The second-order valence-electron chi connectivity index (χ2n) is 5.32. The monoisotopic (exact) mass is 247 g/mol. The Balaban J connectivity index is 2.41. The molecule has 0 saturated heterocycles. The van der Waals surface area contributed by atoms with Crippen LogP contribution in [0.4, 0.5) is 0 Å². The summed E-state index contributed by atoms with van der Waals surface area (Å²) in [5, 5.41) is 3.68. The fourth-order valence-corrected chi connectivity index (χ4v) is 3.23. The summed E-state index contributed by atoms with van der Waals surface area (Å²) >= 11 is 0. The fraction of sp³-hybridized carbons (Fsp3) is 0.625. The molecule has 0 heterocycles. The average Bonchev–Trinajstić information content (AvgIpc) is 2.36. The minimum absolute atomic E-state index is 0.517. The summed E-state index contributed by atoms with van der Waals surface area (Å²) in [7, 11) is 1.78. The zero-order valence-electron chi connectivity index (χ0n) is 12.1. The molecule has 0 spiro atoms. The first kappa shape index (κ1) is 13.4. The van der Waals surface area contributed by atoms with Crippen molar-refractivity contribution in [3.63, 3.8) is 0 Å². The smallest absolute Gasteiger partial charge is 0.125 e. The van der Waals surface area contributed by atoms with Gasteiger partial charge in [0, 0.05) is 6.04 Å². The highest BCUT2D eigenvalue weighted by molar-refractivity contribution is 5.51. The molecule has 0 aliphatic heterocycles. The summed E-state index contributed by atoms with van der Waals surface area (Å²) in [4.78, 5) is 0. The molecule has 0 aromatic heterocycles. The van der Waals surface area contributed by atoms with E-state index in [2.05, 4.69) is 32.2 Å². The van der Waals surface area contributed by atoms with E-state index in [0.29, 0.717) is 6.04 Å². The van der Waals surface area contributed by atoms with E-state index in [9.17, 15) is 0 Å². The third-order valence-electron chi connectivity index (χ3n) is 3.97. The van der Waals surface area contributed by atoms with E-state index in [1.165, 1.54) is 47.9 Å². The van der Waals surface area contributed by atoms with Gasteiger partial charge in [0.15, 0.2) is 0 Å². The van der Waals surface area contributed by atoms with Gasteiger partial charge in [-0.1, -0.05) is 13.0 Å². The molecule has 18 heavy (non-hydrogen) atoms. The van der Waals surface area contributed by atoms with Crippen molar-refractivity contribution >= 4 is 0 Å². The lowest BCUT2D eigenvalue weighted by molar-refractivity contribution is 0.401. The van der Waals surface area contributed by atoms with Gasteiger partial charge in [-0.3, -0.25) is 0 Å². The standard InChI is InChI=1S/C16H25NO/c1-5-9-17-14-8-6-7-13-10-11(2)16(18-4)12(3)15(13)14/h10,14,17H,5-9H2,1-4H3. The molecule has 0 radical (unpaired) electrons. The summed E-state index contributed by atoms with van der Waals surface area (Å²) < 4.78 is 5.57. The number of hydrogen-bond donors (Lipinski definition) is 1. The lowest BCUT2D eigenvalue weighted by Gasteiger charge is -2.30. The summed E-state index contributed by atoms with van der Waals surface area (Å²) in [5.41, 5.74) is 5.62. The Morgan fingerprint density at radius 1 is 1.39 bits per heavy atom. The summed E-state index contributed by atoms with van der Waals surface area (Å²) in [6.45, 7) is 7.67. The number of aryl methyl sites for hydroxylation is 2. The van der Waals surface area contributed by atoms with Gasteiger partial charge in [0.25, 0.3) is 0 Å². The van der Waals surface area contributed by atoms with Crippen LogP contribution in [-0.2, 0) is 6.42 Å². The molecule has 1 atom stereocenters. The third kappa shape index (κ3) is 2.39. The fourth-order valence-electron chi connectivity index (χ4n) is 3.23. The highest BCUT2D eigenvalue weighted by atomic mass is 16.5. The zero-order chi connectivity index (χ0) is 13.1. The highest BCUT2D eigenvalue weighted by Crippen LogP contribution is 2.38. The van der Waals surface area contributed by atoms with Crippen molar-refractivity contribution in [2.24, 2.45) is 0 Å². The molecule has 0 bridgehead atoms. The van der Waals surface area contributed by atoms with Crippen molar-refractivity contribution in [3.8, 4) is 5.75 Å². The van der Waals surface area contributed by atoms with Crippen LogP contribution in [0.3, 0.4) is 0 Å². The van der Waals surface area contributed by atoms with E-state index >= 15 is 0 Å². The molecule has 2 nitrogen and oxygen atoms in total. The Bertz CT molecular complexity index is 426. The normalized spacial score (nSPS) is 18.6. The SMILES string of the molecule is CCCNC1CCCc2cc(C)c(OC)c(C)c21. The molecule has 1 aromatic rings. The highest BCUT2D eigenvalue weighted by Gasteiger charge is 2.24. The second-order valence-corrected chi connectivity index (χ2v) is 5.32. The average molecular weight is 247 g/mol. The summed E-state index contributed by atoms with van der Waals surface area (Å²) in [6, 6.07) is 2.84. The van der Waals surface area contributed by atoms with Crippen LogP contribution in [0, 0.1) is 13.8 Å². The van der Waals surface area contributed by atoms with Crippen LogP contribution in [0.15, 0.2) is 6.07 Å². The van der Waals surface area contributed by atoms with Gasteiger partial charge in [-0.05, 0) is 68.3 Å². The van der Waals surface area contributed by atoms with Gasteiger partial charge in [0.05, 0.1) is 7.11 Å². The van der Waals surface area contributed by atoms with Crippen LogP contribution in [0.1, 0.15) is 54.5 Å². The maximum absolute atomic E-state index is 5.57. The maximum atomic E-state index is 5.57. The van der Waals surface area contributed by atoms with E-state index in [4.69, 9.17) is 4.74 Å². The number of ether oxygens (including phenoxy) is 1. The molecule has 1 unspecified atom stereocenters. The Morgan fingerprint density at radius 2 is 2.17 bits per heavy atom. The van der Waals surface area contributed by atoms with E-state index < -0.39 is 0 Å². The first-order valence-electron chi connectivity index (χ1n) is 7.09. The minimum Gasteiger partial charge on any atom is -0.496 e. The first-order valence-corrected chi connectivity index (χ1v) is 7.09. The van der Waals surface area contributed by atoms with Crippen LogP contribution in [0.2, 0.25) is 0 Å². The van der Waals surface area contributed by atoms with E-state index in [1.807, 2.05) is 0 Å². The molecule has 1 N–H and O–H groups in total. The van der Waals surface area contributed by atoms with Crippen molar-refractivity contribution in [2.75, 3.05) is 13.7 Å². The number of methoxy groups -OCH3 is 1.